The molecule has 1 saturated carbocycles. The van der Waals surface area contributed by atoms with Crippen LogP contribution in [0.15, 0.2) is 30.3 Å². The van der Waals surface area contributed by atoms with Crippen LogP contribution in [0.4, 0.5) is 0 Å². The molecule has 1 atom stereocenters. The zero-order valence-corrected chi connectivity index (χ0v) is 12.0. The van der Waals surface area contributed by atoms with Crippen molar-refractivity contribution < 1.29 is 0 Å². The van der Waals surface area contributed by atoms with Gasteiger partial charge in [-0.05, 0) is 25.3 Å². The van der Waals surface area contributed by atoms with Crippen LogP contribution in [-0.4, -0.2) is 11.9 Å². The lowest BCUT2D eigenvalue weighted by Gasteiger charge is -2.34. The minimum absolute atomic E-state index is 0.0994. The lowest BCUT2D eigenvalue weighted by Crippen LogP contribution is -2.47. The molecule has 100 valence electrons. The zero-order valence-electron chi connectivity index (χ0n) is 11.3. The Bertz CT molecular complexity index is 343. The summed E-state index contributed by atoms with van der Waals surface area (Å²) < 4.78 is 0. The molecule has 1 aliphatic rings. The van der Waals surface area contributed by atoms with E-state index in [1.165, 1.54) is 44.1 Å². The van der Waals surface area contributed by atoms with Crippen LogP contribution >= 0.6 is 11.6 Å². The molecule has 0 spiro atoms. The summed E-state index contributed by atoms with van der Waals surface area (Å²) in [6.07, 6.45) is 8.07. The van der Waals surface area contributed by atoms with E-state index in [0.717, 1.165) is 0 Å². The molecule has 0 amide bonds. The Labute approximate surface area is 116 Å². The Hall–Kier alpha value is -0.530. The van der Waals surface area contributed by atoms with Crippen LogP contribution in [0.5, 0.6) is 0 Å². The minimum Gasteiger partial charge on any atom is -0.304 e. The quantitative estimate of drug-likeness (QED) is 0.626. The highest BCUT2D eigenvalue weighted by Crippen LogP contribution is 2.26. The summed E-state index contributed by atoms with van der Waals surface area (Å²) in [7, 11) is 0. The predicted molar refractivity (Wildman–Crippen MR) is 79.1 cm³/mol. The zero-order chi connectivity index (χ0) is 12.8. The first-order valence-electron chi connectivity index (χ1n) is 7.14. The monoisotopic (exact) mass is 265 g/mol. The molecular weight excluding hydrogens is 242 g/mol. The van der Waals surface area contributed by atoms with Gasteiger partial charge in [-0.15, -0.1) is 11.6 Å². The van der Waals surface area contributed by atoms with Gasteiger partial charge in [-0.25, -0.2) is 0 Å². The Kier molecular flexibility index (Phi) is 5.08. The van der Waals surface area contributed by atoms with Crippen LogP contribution < -0.4 is 5.32 Å². The molecular formula is C16H24ClN. The van der Waals surface area contributed by atoms with Crippen LogP contribution in [0, 0.1) is 0 Å². The first-order valence-corrected chi connectivity index (χ1v) is 7.67. The van der Waals surface area contributed by atoms with Crippen molar-refractivity contribution in [3.8, 4) is 0 Å². The average molecular weight is 266 g/mol. The molecule has 0 heterocycles. The topological polar surface area (TPSA) is 12.0 Å². The van der Waals surface area contributed by atoms with E-state index < -0.39 is 0 Å². The standard InChI is InChI=1S/C16H24ClN/c1-16(13-17,14-9-5-4-6-10-14)18-15-11-7-2-3-8-12-15/h4-6,9-10,15,18H,2-3,7-8,11-13H2,1H3. The Morgan fingerprint density at radius 1 is 1.11 bits per heavy atom. The largest absolute Gasteiger partial charge is 0.304 e. The van der Waals surface area contributed by atoms with Gasteiger partial charge in [0, 0.05) is 11.9 Å². The molecule has 18 heavy (non-hydrogen) atoms. The van der Waals surface area contributed by atoms with Crippen molar-refractivity contribution in [2.75, 3.05) is 5.88 Å². The molecule has 1 aromatic rings. The van der Waals surface area contributed by atoms with Crippen molar-refractivity contribution in [2.24, 2.45) is 0 Å². The van der Waals surface area contributed by atoms with Gasteiger partial charge in [0.2, 0.25) is 0 Å². The number of rotatable bonds is 4. The van der Waals surface area contributed by atoms with E-state index in [0.29, 0.717) is 11.9 Å². The second kappa shape index (κ2) is 6.58. The first kappa shape index (κ1) is 13.9. The van der Waals surface area contributed by atoms with Gasteiger partial charge >= 0.3 is 0 Å². The van der Waals surface area contributed by atoms with E-state index in [-0.39, 0.29) is 5.54 Å². The molecule has 0 aliphatic heterocycles. The van der Waals surface area contributed by atoms with Gasteiger partial charge in [-0.1, -0.05) is 56.0 Å². The van der Waals surface area contributed by atoms with E-state index in [4.69, 9.17) is 11.6 Å². The predicted octanol–water partition coefficient (Wildman–Crippen LogP) is 4.45. The fraction of sp³-hybridized carbons (Fsp3) is 0.625. The summed E-state index contributed by atoms with van der Waals surface area (Å²) in [6.45, 7) is 2.22. The molecule has 1 aromatic carbocycles. The van der Waals surface area contributed by atoms with E-state index >= 15 is 0 Å². The van der Waals surface area contributed by atoms with Crippen molar-refractivity contribution in [3.05, 3.63) is 35.9 Å². The third kappa shape index (κ3) is 3.49. The van der Waals surface area contributed by atoms with Gasteiger partial charge in [0.15, 0.2) is 0 Å². The third-order valence-corrected chi connectivity index (χ3v) is 4.59. The Morgan fingerprint density at radius 2 is 1.72 bits per heavy atom. The number of hydrogen-bond acceptors (Lipinski definition) is 1. The van der Waals surface area contributed by atoms with Crippen LogP contribution in [0.1, 0.15) is 51.0 Å². The Morgan fingerprint density at radius 3 is 2.28 bits per heavy atom. The van der Waals surface area contributed by atoms with Crippen LogP contribution in [-0.2, 0) is 5.54 Å². The second-order valence-corrected chi connectivity index (χ2v) is 5.93. The highest BCUT2D eigenvalue weighted by molar-refractivity contribution is 6.18. The van der Waals surface area contributed by atoms with Gasteiger partial charge in [0.25, 0.3) is 0 Å². The summed E-state index contributed by atoms with van der Waals surface area (Å²) >= 11 is 6.24. The molecule has 0 saturated heterocycles. The van der Waals surface area contributed by atoms with E-state index in [9.17, 15) is 0 Å². The minimum atomic E-state index is -0.0994. The summed E-state index contributed by atoms with van der Waals surface area (Å²) in [6, 6.07) is 11.2. The number of hydrogen-bond donors (Lipinski definition) is 1. The number of benzene rings is 1. The van der Waals surface area contributed by atoms with Gasteiger partial charge < -0.3 is 5.32 Å². The van der Waals surface area contributed by atoms with Crippen molar-refractivity contribution in [1.82, 2.24) is 5.32 Å². The molecule has 1 nitrogen and oxygen atoms in total. The SMILES string of the molecule is CC(CCl)(NC1CCCCCC1)c1ccccc1. The van der Waals surface area contributed by atoms with Gasteiger partial charge in [0.05, 0.1) is 5.54 Å². The smallest absolute Gasteiger partial charge is 0.0545 e. The molecule has 1 N–H and O–H groups in total. The lowest BCUT2D eigenvalue weighted by molar-refractivity contribution is 0.322. The molecule has 0 radical (unpaired) electrons. The average Bonchev–Trinajstić information content (AvgIpc) is 2.68. The third-order valence-electron chi connectivity index (χ3n) is 4.06. The van der Waals surface area contributed by atoms with Crippen molar-refractivity contribution in [3.63, 3.8) is 0 Å². The Balaban J connectivity index is 2.07. The second-order valence-electron chi connectivity index (χ2n) is 5.66. The van der Waals surface area contributed by atoms with Crippen molar-refractivity contribution in [1.29, 1.82) is 0 Å². The van der Waals surface area contributed by atoms with Crippen LogP contribution in [0.2, 0.25) is 0 Å². The highest BCUT2D eigenvalue weighted by atomic mass is 35.5. The van der Waals surface area contributed by atoms with Crippen LogP contribution in [0.3, 0.4) is 0 Å². The molecule has 1 aliphatic carbocycles. The molecule has 1 unspecified atom stereocenters. The summed E-state index contributed by atoms with van der Waals surface area (Å²) in [5.41, 5.74) is 1.20. The van der Waals surface area contributed by atoms with Gasteiger partial charge in [-0.2, -0.15) is 0 Å². The summed E-state index contributed by atoms with van der Waals surface area (Å²) in [5, 5.41) is 3.81. The first-order chi connectivity index (χ1) is 8.74. The normalized spacial score (nSPS) is 21.2. The van der Waals surface area contributed by atoms with E-state index in [1.54, 1.807) is 0 Å². The van der Waals surface area contributed by atoms with Crippen molar-refractivity contribution >= 4 is 11.6 Å². The lowest BCUT2D eigenvalue weighted by atomic mass is 9.92. The number of halogens is 1. The van der Waals surface area contributed by atoms with E-state index in [2.05, 4.69) is 42.6 Å². The molecule has 2 heteroatoms. The van der Waals surface area contributed by atoms with Gasteiger partial charge in [-0.3, -0.25) is 0 Å². The van der Waals surface area contributed by atoms with Crippen molar-refractivity contribution in [2.45, 2.75) is 57.0 Å². The maximum Gasteiger partial charge on any atom is 0.0545 e. The summed E-state index contributed by atoms with van der Waals surface area (Å²) in [5.74, 6) is 0.619. The fourth-order valence-corrected chi connectivity index (χ4v) is 3.11. The molecule has 2 rings (SSSR count). The number of alkyl halides is 1. The summed E-state index contributed by atoms with van der Waals surface area (Å²) in [4.78, 5) is 0. The molecule has 0 bridgehead atoms. The maximum atomic E-state index is 6.24. The molecule has 0 aromatic heterocycles. The van der Waals surface area contributed by atoms with Gasteiger partial charge in [0.1, 0.15) is 0 Å². The highest BCUT2D eigenvalue weighted by Gasteiger charge is 2.28. The van der Waals surface area contributed by atoms with E-state index in [1.807, 2.05) is 0 Å². The maximum absolute atomic E-state index is 6.24. The molecule has 1 fully saturated rings. The fourth-order valence-electron chi connectivity index (χ4n) is 2.88. The van der Waals surface area contributed by atoms with Crippen LogP contribution in [0.25, 0.3) is 0 Å². The number of nitrogens with one attached hydrogen (secondary N) is 1.